The summed E-state index contributed by atoms with van der Waals surface area (Å²) in [4.78, 5) is 17.3. The van der Waals surface area contributed by atoms with E-state index in [1.807, 2.05) is 0 Å². The monoisotopic (exact) mass is 326 g/mol. The van der Waals surface area contributed by atoms with Gasteiger partial charge in [0.15, 0.2) is 0 Å². The molecule has 0 saturated heterocycles. The van der Waals surface area contributed by atoms with Crippen LogP contribution in [0.25, 0.3) is 0 Å². The summed E-state index contributed by atoms with van der Waals surface area (Å²) >= 11 is 3.19. The first-order chi connectivity index (χ1) is 7.41. The first-order valence-electron chi connectivity index (χ1n) is 4.64. The number of benzene rings is 1. The molecule has 0 heterocycles. The SMILES string of the molecule is CC(=NC(=O)c1cc(F)ccc1Br)N(C)C.[Ar]. The summed E-state index contributed by atoms with van der Waals surface area (Å²) in [6.45, 7) is 1.71. The number of amides is 1. The summed E-state index contributed by atoms with van der Waals surface area (Å²) in [5.74, 6) is -0.344. The molecular weight excluding hydrogens is 315 g/mol. The van der Waals surface area contributed by atoms with Gasteiger partial charge in [-0.05, 0) is 41.1 Å². The van der Waals surface area contributed by atoms with E-state index in [9.17, 15) is 9.18 Å². The van der Waals surface area contributed by atoms with Crippen molar-refractivity contribution in [3.8, 4) is 0 Å². The third kappa shape index (κ3) is 5.04. The van der Waals surface area contributed by atoms with Gasteiger partial charge in [-0.2, -0.15) is 4.99 Å². The van der Waals surface area contributed by atoms with Gasteiger partial charge in [-0.25, -0.2) is 4.39 Å². The molecule has 6 heteroatoms. The summed E-state index contributed by atoms with van der Waals surface area (Å²) in [5.41, 5.74) is 0.223. The Balaban J connectivity index is 0.00000256. The number of carbonyl (C=O) groups excluding carboxylic acids is 1. The minimum absolute atomic E-state index is 0. The zero-order valence-electron chi connectivity index (χ0n) is 9.64. The molecule has 0 unspecified atom stereocenters. The van der Waals surface area contributed by atoms with Gasteiger partial charge in [0.1, 0.15) is 11.7 Å². The predicted octanol–water partition coefficient (Wildman–Crippen LogP) is 2.71. The molecule has 0 N–H and O–H groups in total. The minimum Gasteiger partial charge on any atom is -0.366 e. The maximum atomic E-state index is 13.0. The van der Waals surface area contributed by atoms with Crippen LogP contribution in [-0.4, -0.2) is 30.7 Å². The Hall–Kier alpha value is 0.0297. The Bertz CT molecular complexity index is 449. The number of halogens is 2. The van der Waals surface area contributed by atoms with Gasteiger partial charge in [0, 0.05) is 56.3 Å². The van der Waals surface area contributed by atoms with Crippen LogP contribution in [0.4, 0.5) is 4.39 Å². The Morgan fingerprint density at radius 2 is 2.00 bits per heavy atom. The Kier molecular flexibility index (Phi) is 7.47. The van der Waals surface area contributed by atoms with Gasteiger partial charge in [0.25, 0.3) is 5.91 Å². The first-order valence-corrected chi connectivity index (χ1v) is 5.43. The van der Waals surface area contributed by atoms with E-state index in [0.29, 0.717) is 10.3 Å². The van der Waals surface area contributed by atoms with E-state index in [2.05, 4.69) is 20.9 Å². The number of nitrogens with zero attached hydrogens (tertiary/aromatic N) is 2. The molecule has 0 aliphatic rings. The van der Waals surface area contributed by atoms with Crippen LogP contribution in [-0.2, 0) is 0 Å². The van der Waals surface area contributed by atoms with Crippen molar-refractivity contribution in [1.82, 2.24) is 4.90 Å². The van der Waals surface area contributed by atoms with Gasteiger partial charge >= 0.3 is 0 Å². The molecule has 0 fully saturated rings. The molecule has 1 amide bonds. The van der Waals surface area contributed by atoms with Crippen LogP contribution in [0.5, 0.6) is 0 Å². The quantitative estimate of drug-likeness (QED) is 0.587. The van der Waals surface area contributed by atoms with Crippen molar-refractivity contribution in [3.05, 3.63) is 34.1 Å². The summed E-state index contributed by atoms with van der Waals surface area (Å²) in [6.07, 6.45) is 0. The number of hydrogen-bond donors (Lipinski definition) is 0. The number of aliphatic imine (C=N–C) groups is 1. The van der Waals surface area contributed by atoms with E-state index in [0.717, 1.165) is 0 Å². The fraction of sp³-hybridized carbons (Fsp3) is 0.273. The smallest absolute Gasteiger partial charge is 0.279 e. The maximum Gasteiger partial charge on any atom is 0.279 e. The third-order valence-electron chi connectivity index (χ3n) is 2.07. The van der Waals surface area contributed by atoms with E-state index in [1.54, 1.807) is 25.9 Å². The van der Waals surface area contributed by atoms with E-state index < -0.39 is 11.7 Å². The summed E-state index contributed by atoms with van der Waals surface area (Å²) in [6, 6.07) is 3.94. The van der Waals surface area contributed by atoms with Crippen molar-refractivity contribution in [3.63, 3.8) is 0 Å². The minimum atomic E-state index is -0.461. The topological polar surface area (TPSA) is 32.7 Å². The normalized spacial score (nSPS) is 10.8. The molecule has 1 aromatic carbocycles. The van der Waals surface area contributed by atoms with Gasteiger partial charge in [0.05, 0.1) is 5.56 Å². The fourth-order valence-electron chi connectivity index (χ4n) is 0.969. The van der Waals surface area contributed by atoms with Crippen molar-refractivity contribution in [2.24, 2.45) is 4.99 Å². The Morgan fingerprint density at radius 3 is 2.53 bits per heavy atom. The Morgan fingerprint density at radius 1 is 1.41 bits per heavy atom. The number of carbonyl (C=O) groups is 1. The second kappa shape index (κ2) is 7.46. The zero-order chi connectivity index (χ0) is 12.3. The van der Waals surface area contributed by atoms with Crippen molar-refractivity contribution in [2.45, 2.75) is 6.92 Å². The van der Waals surface area contributed by atoms with Gasteiger partial charge < -0.3 is 4.90 Å². The van der Waals surface area contributed by atoms with Gasteiger partial charge in [-0.1, -0.05) is 0 Å². The molecular formula is C11H12ArBrFN2O. The molecule has 17 heavy (non-hydrogen) atoms. The van der Waals surface area contributed by atoms with Crippen LogP contribution in [0.15, 0.2) is 27.7 Å². The van der Waals surface area contributed by atoms with Crippen molar-refractivity contribution in [2.75, 3.05) is 14.1 Å². The van der Waals surface area contributed by atoms with Crippen LogP contribution in [0.2, 0.25) is 0 Å². The van der Waals surface area contributed by atoms with Crippen LogP contribution < -0.4 is 0 Å². The van der Waals surface area contributed by atoms with Gasteiger partial charge in [-0.3, -0.25) is 4.79 Å². The van der Waals surface area contributed by atoms with E-state index in [1.165, 1.54) is 18.2 Å². The van der Waals surface area contributed by atoms with Gasteiger partial charge in [0.2, 0.25) is 0 Å². The number of amidine groups is 1. The van der Waals surface area contributed by atoms with E-state index in [4.69, 9.17) is 0 Å². The average Bonchev–Trinajstić information content (AvgIpc) is 2.21. The number of rotatable bonds is 1. The summed E-state index contributed by atoms with van der Waals surface area (Å²) in [5, 5.41) is 0. The molecule has 1 aromatic rings. The molecule has 94 valence electrons. The van der Waals surface area contributed by atoms with Crippen molar-refractivity contribution < 1.29 is 46.9 Å². The van der Waals surface area contributed by atoms with Crippen LogP contribution >= 0.6 is 15.9 Å². The predicted molar refractivity (Wildman–Crippen MR) is 65.2 cm³/mol. The van der Waals surface area contributed by atoms with Crippen molar-refractivity contribution >= 4 is 27.7 Å². The second-order valence-corrected chi connectivity index (χ2v) is 4.34. The van der Waals surface area contributed by atoms with Crippen LogP contribution in [0, 0.1) is 43.6 Å². The summed E-state index contributed by atoms with van der Waals surface area (Å²) < 4.78 is 13.5. The Labute approximate surface area is 138 Å². The standard InChI is InChI=1S/C11H12BrFN2O.Ar/c1-7(15(2)3)14-11(16)9-6-8(13)4-5-10(9)12;/h4-6H,1-3H3;. The maximum absolute atomic E-state index is 13.0. The van der Waals surface area contributed by atoms with E-state index in [-0.39, 0.29) is 43.3 Å². The van der Waals surface area contributed by atoms with Crippen molar-refractivity contribution in [1.29, 1.82) is 0 Å². The van der Waals surface area contributed by atoms with Crippen LogP contribution in [0.3, 0.4) is 0 Å². The van der Waals surface area contributed by atoms with Crippen LogP contribution in [0.1, 0.15) is 17.3 Å². The second-order valence-electron chi connectivity index (χ2n) is 3.48. The number of hydrogen-bond acceptors (Lipinski definition) is 1. The largest absolute Gasteiger partial charge is 0.366 e. The fourth-order valence-corrected chi connectivity index (χ4v) is 1.38. The average molecular weight is 327 g/mol. The molecule has 0 aliphatic heterocycles. The molecule has 0 aliphatic carbocycles. The molecule has 0 aromatic heterocycles. The molecule has 0 radical (unpaired) electrons. The first kappa shape index (κ1) is 17.0. The van der Waals surface area contributed by atoms with Gasteiger partial charge in [-0.15, -0.1) is 0 Å². The molecule has 3 nitrogen and oxygen atoms in total. The molecule has 0 spiro atoms. The van der Waals surface area contributed by atoms with E-state index >= 15 is 0 Å². The third-order valence-corrected chi connectivity index (χ3v) is 2.76. The zero-order valence-corrected chi connectivity index (χ0v) is 11.9. The molecule has 0 saturated carbocycles. The molecule has 0 bridgehead atoms. The summed E-state index contributed by atoms with van der Waals surface area (Å²) in [7, 11) is 3.57. The molecule has 0 atom stereocenters. The molecule has 1 rings (SSSR count).